The largest absolute Gasteiger partial charge is 0.382 e. The van der Waals surface area contributed by atoms with Gasteiger partial charge in [0.1, 0.15) is 5.02 Å². The molecule has 3 heterocycles. The normalized spacial score (nSPS) is 20.1. The van der Waals surface area contributed by atoms with Gasteiger partial charge in [-0.25, -0.2) is 4.68 Å². The highest BCUT2D eigenvalue weighted by atomic mass is 35.5. The Balaban J connectivity index is 1.29. The van der Waals surface area contributed by atoms with Crippen LogP contribution in [0.5, 0.6) is 0 Å². The van der Waals surface area contributed by atoms with Gasteiger partial charge in [-0.05, 0) is 49.3 Å². The first-order chi connectivity index (χ1) is 15.6. The van der Waals surface area contributed by atoms with E-state index in [-0.39, 0.29) is 16.6 Å². The van der Waals surface area contributed by atoms with E-state index in [4.69, 9.17) is 21.6 Å². The molecule has 1 unspecified atom stereocenters. The van der Waals surface area contributed by atoms with Gasteiger partial charge >= 0.3 is 0 Å². The van der Waals surface area contributed by atoms with Gasteiger partial charge in [-0.3, -0.25) is 9.10 Å². The molecule has 0 aliphatic carbocycles. The molecule has 170 valence electrons. The molecule has 0 bridgehead atoms. The molecule has 32 heavy (non-hydrogen) atoms. The van der Waals surface area contributed by atoms with Gasteiger partial charge in [0.05, 0.1) is 36.2 Å². The maximum absolute atomic E-state index is 12.9. The van der Waals surface area contributed by atoms with Crippen LogP contribution in [0.15, 0.2) is 35.3 Å². The fourth-order valence-electron chi connectivity index (χ4n) is 4.16. The second-order valence-electron chi connectivity index (χ2n) is 8.33. The van der Waals surface area contributed by atoms with Crippen LogP contribution >= 0.6 is 23.5 Å². The van der Waals surface area contributed by atoms with E-state index >= 15 is 0 Å². The molecule has 2 aliphatic heterocycles. The standard InChI is InChI=1S/C23H28ClN5O2S/c24-22-21(26-13-19-5-2-10-31-15-19)14-27-29(23(22)30)20-6-8-28(9-7-20)32-16-18-4-1-3-17(11-18)12-25/h1,3-4,11,14,19-20,26H,2,5-10,13,15-16H2. The number of ether oxygens (including phenoxy) is 1. The monoisotopic (exact) mass is 473 g/mol. The van der Waals surface area contributed by atoms with Crippen molar-refractivity contribution < 1.29 is 4.74 Å². The molecule has 1 aromatic heterocycles. The molecule has 2 aromatic rings. The Morgan fingerprint density at radius 1 is 1.31 bits per heavy atom. The average molecular weight is 474 g/mol. The van der Waals surface area contributed by atoms with E-state index in [0.717, 1.165) is 69.8 Å². The quantitative estimate of drug-likeness (QED) is 0.606. The first-order valence-electron chi connectivity index (χ1n) is 11.1. The molecule has 0 saturated carbocycles. The van der Waals surface area contributed by atoms with Crippen molar-refractivity contribution in [2.45, 2.75) is 37.5 Å². The summed E-state index contributed by atoms with van der Waals surface area (Å²) in [4.78, 5) is 12.9. The second kappa shape index (κ2) is 11.2. The van der Waals surface area contributed by atoms with Crippen molar-refractivity contribution in [1.29, 1.82) is 5.26 Å². The van der Waals surface area contributed by atoms with Gasteiger partial charge in [-0.1, -0.05) is 35.7 Å². The lowest BCUT2D eigenvalue weighted by Gasteiger charge is -2.31. The predicted molar refractivity (Wildman–Crippen MR) is 128 cm³/mol. The van der Waals surface area contributed by atoms with Gasteiger partial charge in [-0.15, -0.1) is 0 Å². The zero-order chi connectivity index (χ0) is 22.3. The van der Waals surface area contributed by atoms with E-state index in [1.165, 1.54) is 0 Å². The van der Waals surface area contributed by atoms with Gasteiger partial charge in [0.2, 0.25) is 0 Å². The highest BCUT2D eigenvalue weighted by molar-refractivity contribution is 7.96. The van der Waals surface area contributed by atoms with Crippen molar-refractivity contribution in [2.75, 3.05) is 38.2 Å². The van der Waals surface area contributed by atoms with Crippen LogP contribution in [-0.2, 0) is 10.5 Å². The summed E-state index contributed by atoms with van der Waals surface area (Å²) in [6, 6.07) is 9.96. The van der Waals surface area contributed by atoms with Crippen LogP contribution in [0.2, 0.25) is 5.02 Å². The van der Waals surface area contributed by atoms with Crippen LogP contribution in [0, 0.1) is 17.2 Å². The van der Waals surface area contributed by atoms with Gasteiger partial charge in [0.15, 0.2) is 0 Å². The summed E-state index contributed by atoms with van der Waals surface area (Å²) in [5.74, 6) is 1.27. The Morgan fingerprint density at radius 2 is 2.16 bits per heavy atom. The van der Waals surface area contributed by atoms with Crippen LogP contribution in [0.4, 0.5) is 5.69 Å². The Morgan fingerprint density at radius 3 is 2.91 bits per heavy atom. The third kappa shape index (κ3) is 5.84. The molecular weight excluding hydrogens is 446 g/mol. The van der Waals surface area contributed by atoms with Crippen LogP contribution < -0.4 is 10.9 Å². The van der Waals surface area contributed by atoms with Crippen molar-refractivity contribution in [2.24, 2.45) is 5.92 Å². The lowest BCUT2D eigenvalue weighted by atomic mass is 10.0. The molecule has 0 radical (unpaired) electrons. The summed E-state index contributed by atoms with van der Waals surface area (Å²) in [6.07, 6.45) is 5.57. The minimum Gasteiger partial charge on any atom is -0.382 e. The number of nitrogens with one attached hydrogen (secondary N) is 1. The summed E-state index contributed by atoms with van der Waals surface area (Å²) in [7, 11) is 0. The highest BCUT2D eigenvalue weighted by Crippen LogP contribution is 2.28. The molecule has 0 spiro atoms. The molecular formula is C23H28ClN5O2S. The number of nitrogens with zero attached hydrogens (tertiary/aromatic N) is 4. The maximum Gasteiger partial charge on any atom is 0.287 e. The number of hydrogen-bond acceptors (Lipinski definition) is 7. The third-order valence-electron chi connectivity index (χ3n) is 6.02. The van der Waals surface area contributed by atoms with Gasteiger partial charge in [0.25, 0.3) is 5.56 Å². The lowest BCUT2D eigenvalue weighted by molar-refractivity contribution is 0.0595. The fraction of sp³-hybridized carbons (Fsp3) is 0.522. The van der Waals surface area contributed by atoms with Gasteiger partial charge < -0.3 is 10.1 Å². The van der Waals surface area contributed by atoms with E-state index < -0.39 is 0 Å². The Bertz CT molecular complexity index is 1010. The number of nitriles is 1. The molecule has 2 fully saturated rings. The first-order valence-corrected chi connectivity index (χ1v) is 12.4. The summed E-state index contributed by atoms with van der Waals surface area (Å²) in [6.45, 7) is 4.06. The minimum atomic E-state index is -0.226. The average Bonchev–Trinajstić information content (AvgIpc) is 2.85. The van der Waals surface area contributed by atoms with E-state index in [9.17, 15) is 4.79 Å². The second-order valence-corrected chi connectivity index (χ2v) is 9.77. The molecule has 1 aromatic carbocycles. The lowest BCUT2D eigenvalue weighted by Crippen LogP contribution is -2.36. The van der Waals surface area contributed by atoms with Crippen molar-refractivity contribution in [3.63, 3.8) is 0 Å². The van der Waals surface area contributed by atoms with Gasteiger partial charge in [-0.2, -0.15) is 10.4 Å². The van der Waals surface area contributed by atoms with Crippen molar-refractivity contribution in [3.05, 3.63) is 57.0 Å². The number of rotatable bonds is 7. The molecule has 0 amide bonds. The summed E-state index contributed by atoms with van der Waals surface area (Å²) in [5, 5.41) is 17.0. The number of hydrogen-bond donors (Lipinski definition) is 1. The van der Waals surface area contributed by atoms with Crippen molar-refractivity contribution in [1.82, 2.24) is 14.1 Å². The SMILES string of the molecule is N#Cc1cccc(CSN2CCC(n3ncc(NCC4CCCOC4)c(Cl)c3=O)CC2)c1. The molecule has 2 saturated heterocycles. The van der Waals surface area contributed by atoms with Crippen molar-refractivity contribution >= 4 is 29.2 Å². The van der Waals surface area contributed by atoms with Crippen LogP contribution in [-0.4, -0.2) is 46.9 Å². The maximum atomic E-state index is 12.9. The van der Waals surface area contributed by atoms with Crippen LogP contribution in [0.25, 0.3) is 0 Å². The topological polar surface area (TPSA) is 83.2 Å². The summed E-state index contributed by atoms with van der Waals surface area (Å²) in [5.41, 5.74) is 2.21. The molecule has 2 aliphatic rings. The minimum absolute atomic E-state index is 0.0551. The van der Waals surface area contributed by atoms with Crippen LogP contribution in [0.3, 0.4) is 0 Å². The Labute approximate surface area is 197 Å². The predicted octanol–water partition coefficient (Wildman–Crippen LogP) is 4.09. The Kier molecular flexibility index (Phi) is 8.09. The van der Waals surface area contributed by atoms with E-state index in [1.807, 2.05) is 24.3 Å². The smallest absolute Gasteiger partial charge is 0.287 e. The zero-order valence-electron chi connectivity index (χ0n) is 18.0. The highest BCUT2D eigenvalue weighted by Gasteiger charge is 2.24. The number of anilines is 1. The zero-order valence-corrected chi connectivity index (χ0v) is 19.6. The molecule has 4 rings (SSSR count). The molecule has 1 atom stereocenters. The number of benzene rings is 1. The van der Waals surface area contributed by atoms with E-state index in [1.54, 1.807) is 22.8 Å². The number of aromatic nitrogens is 2. The Hall–Kier alpha value is -2.05. The summed E-state index contributed by atoms with van der Waals surface area (Å²) >= 11 is 8.17. The number of piperidine rings is 1. The number of halogens is 1. The fourth-order valence-corrected chi connectivity index (χ4v) is 5.35. The van der Waals surface area contributed by atoms with E-state index in [0.29, 0.717) is 17.2 Å². The van der Waals surface area contributed by atoms with Crippen molar-refractivity contribution in [3.8, 4) is 6.07 Å². The molecule has 7 nitrogen and oxygen atoms in total. The molecule has 1 N–H and O–H groups in total. The van der Waals surface area contributed by atoms with Crippen LogP contribution in [0.1, 0.15) is 42.9 Å². The third-order valence-corrected chi connectivity index (χ3v) is 7.58. The van der Waals surface area contributed by atoms with Gasteiger partial charge in [0, 0.05) is 32.0 Å². The first kappa shape index (κ1) is 23.1. The molecule has 9 heteroatoms. The van der Waals surface area contributed by atoms with E-state index in [2.05, 4.69) is 20.8 Å². The summed E-state index contributed by atoms with van der Waals surface area (Å²) < 4.78 is 9.39.